The molecule has 0 amide bonds. The van der Waals surface area contributed by atoms with Gasteiger partial charge in [0, 0.05) is 31.3 Å². The van der Waals surface area contributed by atoms with Gasteiger partial charge in [-0.3, -0.25) is 28.6 Å². The van der Waals surface area contributed by atoms with Gasteiger partial charge in [0.15, 0.2) is 11.2 Å². The Labute approximate surface area is 191 Å². The van der Waals surface area contributed by atoms with E-state index in [0.29, 0.717) is 10.6 Å². The first-order valence-corrected chi connectivity index (χ1v) is 10.1. The van der Waals surface area contributed by atoms with Crippen LogP contribution in [0, 0.1) is 10.1 Å². The fourth-order valence-corrected chi connectivity index (χ4v) is 3.43. The third-order valence-corrected chi connectivity index (χ3v) is 5.34. The van der Waals surface area contributed by atoms with E-state index < -0.39 is 16.2 Å². The summed E-state index contributed by atoms with van der Waals surface area (Å²) in [5.41, 5.74) is 3.74. The van der Waals surface area contributed by atoms with Crippen LogP contribution in [0.15, 0.2) is 63.2 Å². The summed E-state index contributed by atoms with van der Waals surface area (Å²) in [6.07, 6.45) is 1.47. The molecule has 12 heteroatoms. The highest BCUT2D eigenvalue weighted by atomic mass is 35.5. The average molecular weight is 468 g/mol. The number of rotatable bonds is 6. The average Bonchev–Trinajstić information content (AvgIpc) is 3.16. The normalized spacial score (nSPS) is 11.4. The summed E-state index contributed by atoms with van der Waals surface area (Å²) < 4.78 is 3.94. The Balaban J connectivity index is 1.76. The van der Waals surface area contributed by atoms with E-state index in [9.17, 15) is 19.7 Å². The highest BCUT2D eigenvalue weighted by molar-refractivity contribution is 6.30. The van der Waals surface area contributed by atoms with Gasteiger partial charge in [-0.2, -0.15) is 10.1 Å². The summed E-state index contributed by atoms with van der Waals surface area (Å²) in [4.78, 5) is 40.0. The monoisotopic (exact) mass is 467 g/mol. The fourth-order valence-electron chi connectivity index (χ4n) is 3.30. The minimum Gasteiger partial charge on any atom is -0.298 e. The summed E-state index contributed by atoms with van der Waals surface area (Å²) >= 11 is 5.98. The molecule has 33 heavy (non-hydrogen) atoms. The molecule has 0 saturated carbocycles. The maximum Gasteiger partial charge on any atom is 0.332 e. The number of hydrogen-bond acceptors (Lipinski definition) is 7. The number of benzene rings is 2. The molecule has 0 radical (unpaired) electrons. The van der Waals surface area contributed by atoms with Crippen LogP contribution in [0.3, 0.4) is 0 Å². The van der Waals surface area contributed by atoms with Crippen LogP contribution >= 0.6 is 11.6 Å². The summed E-state index contributed by atoms with van der Waals surface area (Å²) in [6, 6.07) is 13.0. The maximum absolute atomic E-state index is 12.9. The molecule has 0 saturated heterocycles. The van der Waals surface area contributed by atoms with Crippen molar-refractivity contribution >= 4 is 40.6 Å². The molecule has 0 aliphatic rings. The number of aryl methyl sites for hydroxylation is 1. The first kappa shape index (κ1) is 22.0. The SMILES string of the molecule is Cn1c(=O)c2c(nc(N/N=C/c3ccc([N+](=O)[O-])cc3)n2Cc2ccc(Cl)cc2)n(C)c1=O. The third-order valence-electron chi connectivity index (χ3n) is 5.08. The zero-order chi connectivity index (χ0) is 23.7. The van der Waals surface area contributed by atoms with Crippen molar-refractivity contribution in [1.82, 2.24) is 18.7 Å². The lowest BCUT2D eigenvalue weighted by molar-refractivity contribution is -0.384. The molecule has 0 unspecified atom stereocenters. The van der Waals surface area contributed by atoms with Crippen LogP contribution in [0.4, 0.5) is 11.6 Å². The van der Waals surface area contributed by atoms with Crippen LogP contribution in [0.1, 0.15) is 11.1 Å². The highest BCUT2D eigenvalue weighted by Crippen LogP contribution is 2.19. The summed E-state index contributed by atoms with van der Waals surface area (Å²) in [5, 5.41) is 15.5. The van der Waals surface area contributed by atoms with Gasteiger partial charge in [0.1, 0.15) is 0 Å². The third kappa shape index (κ3) is 4.26. The predicted molar refractivity (Wildman–Crippen MR) is 125 cm³/mol. The minimum atomic E-state index is -0.496. The fraction of sp³-hybridized carbons (Fsp3) is 0.143. The molecule has 0 fully saturated rings. The lowest BCUT2D eigenvalue weighted by atomic mass is 10.2. The number of fused-ring (bicyclic) bond motifs is 1. The quantitative estimate of drug-likeness (QED) is 0.263. The molecule has 0 spiro atoms. The lowest BCUT2D eigenvalue weighted by Gasteiger charge is -2.09. The van der Waals surface area contributed by atoms with E-state index in [-0.39, 0.29) is 29.3 Å². The molecule has 4 aromatic rings. The van der Waals surface area contributed by atoms with E-state index in [1.165, 1.54) is 37.0 Å². The number of nitrogens with one attached hydrogen (secondary N) is 1. The van der Waals surface area contributed by atoms with Gasteiger partial charge in [-0.25, -0.2) is 10.2 Å². The van der Waals surface area contributed by atoms with Crippen molar-refractivity contribution < 1.29 is 4.92 Å². The Hall–Kier alpha value is -4.25. The standard InChI is InChI=1S/C21H18ClN7O4/c1-26-18-17(19(30)27(2)21(26)31)28(12-14-3-7-15(22)8-4-14)20(24-18)25-23-11-13-5-9-16(10-6-13)29(32)33/h3-11H,12H2,1-2H3,(H,24,25)/b23-11+. The van der Waals surface area contributed by atoms with Crippen LogP contribution < -0.4 is 16.7 Å². The lowest BCUT2D eigenvalue weighted by Crippen LogP contribution is -2.37. The van der Waals surface area contributed by atoms with Gasteiger partial charge < -0.3 is 0 Å². The van der Waals surface area contributed by atoms with Crippen molar-refractivity contribution in [2.75, 3.05) is 5.43 Å². The second-order valence-electron chi connectivity index (χ2n) is 7.24. The Kier molecular flexibility index (Phi) is 5.80. The first-order valence-electron chi connectivity index (χ1n) is 9.70. The van der Waals surface area contributed by atoms with E-state index in [2.05, 4.69) is 15.5 Å². The molecule has 1 N–H and O–H groups in total. The number of nitrogens with zero attached hydrogens (tertiary/aromatic N) is 6. The number of hydrogen-bond donors (Lipinski definition) is 1. The Morgan fingerprint density at radius 1 is 1.09 bits per heavy atom. The van der Waals surface area contributed by atoms with Crippen molar-refractivity contribution in [3.05, 3.63) is 95.6 Å². The second-order valence-corrected chi connectivity index (χ2v) is 7.68. The van der Waals surface area contributed by atoms with E-state index in [1.54, 1.807) is 28.8 Å². The van der Waals surface area contributed by atoms with Crippen LogP contribution in [0.5, 0.6) is 0 Å². The zero-order valence-corrected chi connectivity index (χ0v) is 18.4. The topological polar surface area (TPSA) is 129 Å². The van der Waals surface area contributed by atoms with Crippen LogP contribution in [-0.4, -0.2) is 29.8 Å². The van der Waals surface area contributed by atoms with Crippen molar-refractivity contribution in [1.29, 1.82) is 0 Å². The molecule has 0 atom stereocenters. The van der Waals surface area contributed by atoms with Gasteiger partial charge in [-0.05, 0) is 35.4 Å². The summed E-state index contributed by atoms with van der Waals surface area (Å²) in [6.45, 7) is 0.274. The Morgan fingerprint density at radius 2 is 1.76 bits per heavy atom. The van der Waals surface area contributed by atoms with Crippen LogP contribution in [0.25, 0.3) is 11.2 Å². The van der Waals surface area contributed by atoms with Gasteiger partial charge in [0.25, 0.3) is 11.2 Å². The molecule has 2 aromatic carbocycles. The molecule has 0 aliphatic heterocycles. The van der Waals surface area contributed by atoms with Gasteiger partial charge in [-0.15, -0.1) is 0 Å². The highest BCUT2D eigenvalue weighted by Gasteiger charge is 2.19. The molecule has 0 aliphatic carbocycles. The van der Waals surface area contributed by atoms with E-state index in [1.807, 2.05) is 12.1 Å². The zero-order valence-electron chi connectivity index (χ0n) is 17.6. The predicted octanol–water partition coefficient (Wildman–Crippen LogP) is 2.49. The van der Waals surface area contributed by atoms with Crippen LogP contribution in [0.2, 0.25) is 5.02 Å². The number of nitro benzene ring substituents is 1. The number of halogens is 1. The number of hydrazone groups is 1. The largest absolute Gasteiger partial charge is 0.332 e. The Morgan fingerprint density at radius 3 is 2.39 bits per heavy atom. The number of aromatic nitrogens is 4. The summed E-state index contributed by atoms with van der Waals surface area (Å²) in [5.74, 6) is 0.247. The first-order chi connectivity index (χ1) is 15.8. The molecule has 168 valence electrons. The number of anilines is 1. The molecule has 4 rings (SSSR count). The number of non-ortho nitro benzene ring substituents is 1. The molecule has 2 aromatic heterocycles. The van der Waals surface area contributed by atoms with E-state index in [4.69, 9.17) is 11.6 Å². The number of imidazole rings is 1. The number of nitro groups is 1. The molecular formula is C21H18ClN7O4. The van der Waals surface area contributed by atoms with Gasteiger partial charge in [0.2, 0.25) is 5.95 Å². The second kappa shape index (κ2) is 8.71. The van der Waals surface area contributed by atoms with E-state index >= 15 is 0 Å². The van der Waals surface area contributed by atoms with Gasteiger partial charge >= 0.3 is 5.69 Å². The van der Waals surface area contributed by atoms with Crippen molar-refractivity contribution in [2.45, 2.75) is 6.54 Å². The van der Waals surface area contributed by atoms with Crippen molar-refractivity contribution in [3.63, 3.8) is 0 Å². The van der Waals surface area contributed by atoms with Crippen molar-refractivity contribution in [2.24, 2.45) is 19.2 Å². The van der Waals surface area contributed by atoms with E-state index in [0.717, 1.165) is 10.1 Å². The molecule has 2 heterocycles. The van der Waals surface area contributed by atoms with Crippen molar-refractivity contribution in [3.8, 4) is 0 Å². The Bertz CT molecular complexity index is 1500. The molecule has 11 nitrogen and oxygen atoms in total. The molecule has 0 bridgehead atoms. The smallest absolute Gasteiger partial charge is 0.298 e. The molecular weight excluding hydrogens is 450 g/mol. The van der Waals surface area contributed by atoms with Gasteiger partial charge in [0.05, 0.1) is 17.7 Å². The summed E-state index contributed by atoms with van der Waals surface area (Å²) in [7, 11) is 2.94. The maximum atomic E-state index is 12.9. The minimum absolute atomic E-state index is 0.0263. The van der Waals surface area contributed by atoms with Gasteiger partial charge in [-0.1, -0.05) is 23.7 Å². The van der Waals surface area contributed by atoms with Crippen LogP contribution in [-0.2, 0) is 20.6 Å².